The van der Waals surface area contributed by atoms with Gasteiger partial charge in [-0.1, -0.05) is 30.3 Å². The molecule has 0 aliphatic carbocycles. The van der Waals surface area contributed by atoms with Crippen LogP contribution in [0.2, 0.25) is 0 Å². The Hall–Kier alpha value is -3.06. The fourth-order valence-corrected chi connectivity index (χ4v) is 2.95. The maximum absolute atomic E-state index is 13.7. The number of carbonyl (C=O) groups excluding carboxylic acids is 2. The summed E-state index contributed by atoms with van der Waals surface area (Å²) in [6.45, 7) is -0.380. The predicted octanol–water partition coefficient (Wildman–Crippen LogP) is 4.98. The molecule has 142 valence electrons. The average molecular weight is 446 g/mol. The number of halogens is 3. The molecule has 3 aromatic carbocycles. The molecule has 0 bridgehead atoms. The van der Waals surface area contributed by atoms with Gasteiger partial charge in [0.2, 0.25) is 0 Å². The number of rotatable bonds is 6. The molecule has 7 heteroatoms. The summed E-state index contributed by atoms with van der Waals surface area (Å²) >= 11 is 3.00. The van der Waals surface area contributed by atoms with E-state index in [2.05, 4.69) is 21.2 Å². The minimum absolute atomic E-state index is 0.0853. The number of carbonyl (C=O) groups is 2. The molecule has 0 atom stereocenters. The zero-order valence-electron chi connectivity index (χ0n) is 14.4. The number of hydrogen-bond acceptors (Lipinski definition) is 3. The third-order valence-electron chi connectivity index (χ3n) is 3.79. The van der Waals surface area contributed by atoms with Crippen molar-refractivity contribution in [3.63, 3.8) is 0 Å². The Bertz CT molecular complexity index is 985. The van der Waals surface area contributed by atoms with E-state index in [9.17, 15) is 18.4 Å². The first-order valence-corrected chi connectivity index (χ1v) is 9.00. The molecule has 0 heterocycles. The van der Waals surface area contributed by atoms with E-state index in [-0.39, 0.29) is 22.6 Å². The van der Waals surface area contributed by atoms with Gasteiger partial charge < -0.3 is 10.1 Å². The monoisotopic (exact) mass is 445 g/mol. The molecule has 0 aliphatic rings. The van der Waals surface area contributed by atoms with E-state index in [1.165, 1.54) is 0 Å². The van der Waals surface area contributed by atoms with E-state index in [1.807, 2.05) is 6.07 Å². The number of nitrogens with one attached hydrogen (secondary N) is 1. The molecule has 1 N–H and O–H groups in total. The van der Waals surface area contributed by atoms with Gasteiger partial charge in [-0.05, 0) is 46.3 Å². The number of benzene rings is 3. The number of anilines is 1. The topological polar surface area (TPSA) is 55.4 Å². The predicted molar refractivity (Wildman–Crippen MR) is 104 cm³/mol. The molecule has 28 heavy (non-hydrogen) atoms. The molecule has 0 radical (unpaired) electrons. The Morgan fingerprint density at radius 1 is 0.929 bits per heavy atom. The third kappa shape index (κ3) is 4.80. The van der Waals surface area contributed by atoms with Crippen molar-refractivity contribution in [2.75, 3.05) is 11.9 Å². The summed E-state index contributed by atoms with van der Waals surface area (Å²) in [5, 5.41) is 2.32. The second kappa shape index (κ2) is 8.75. The summed E-state index contributed by atoms with van der Waals surface area (Å²) in [5.74, 6) is -2.02. The van der Waals surface area contributed by atoms with Crippen LogP contribution in [0.25, 0.3) is 0 Å². The third-order valence-corrected chi connectivity index (χ3v) is 4.42. The molecule has 1 amide bonds. The van der Waals surface area contributed by atoms with Crippen LogP contribution in [0.4, 0.5) is 14.5 Å². The van der Waals surface area contributed by atoms with Crippen LogP contribution in [0.1, 0.15) is 15.9 Å². The Kier molecular flexibility index (Phi) is 6.16. The summed E-state index contributed by atoms with van der Waals surface area (Å²) < 4.78 is 32.3. The fraction of sp³-hybridized carbons (Fsp3) is 0.0476. The summed E-state index contributed by atoms with van der Waals surface area (Å²) in [6, 6.07) is 16.9. The maximum atomic E-state index is 13.7. The lowest BCUT2D eigenvalue weighted by Crippen LogP contribution is -2.21. The van der Waals surface area contributed by atoms with Gasteiger partial charge in [0, 0.05) is 21.7 Å². The van der Waals surface area contributed by atoms with Crippen molar-refractivity contribution < 1.29 is 23.1 Å². The van der Waals surface area contributed by atoms with Crippen molar-refractivity contribution in [3.8, 4) is 5.75 Å². The fourth-order valence-electron chi connectivity index (χ4n) is 2.44. The van der Waals surface area contributed by atoms with Gasteiger partial charge in [0.15, 0.2) is 18.2 Å². The number of amides is 1. The lowest BCUT2D eigenvalue weighted by Gasteiger charge is -2.10. The van der Waals surface area contributed by atoms with E-state index in [0.717, 1.165) is 6.07 Å². The second-order valence-corrected chi connectivity index (χ2v) is 6.66. The van der Waals surface area contributed by atoms with Gasteiger partial charge in [-0.15, -0.1) is 0 Å². The van der Waals surface area contributed by atoms with Crippen LogP contribution in [0, 0.1) is 11.6 Å². The van der Waals surface area contributed by atoms with E-state index < -0.39 is 17.5 Å². The largest absolute Gasteiger partial charge is 0.484 e. The van der Waals surface area contributed by atoms with Crippen molar-refractivity contribution in [2.24, 2.45) is 0 Å². The molecule has 0 saturated heterocycles. The van der Waals surface area contributed by atoms with Crippen LogP contribution >= 0.6 is 15.9 Å². The normalized spacial score (nSPS) is 10.4. The van der Waals surface area contributed by atoms with Crippen LogP contribution < -0.4 is 10.1 Å². The first-order valence-electron chi connectivity index (χ1n) is 8.21. The van der Waals surface area contributed by atoms with Crippen molar-refractivity contribution in [1.29, 1.82) is 0 Å². The van der Waals surface area contributed by atoms with Crippen LogP contribution in [-0.2, 0) is 4.79 Å². The van der Waals surface area contributed by atoms with Crippen LogP contribution in [0.15, 0.2) is 71.2 Å². The quantitative estimate of drug-likeness (QED) is 0.544. The highest BCUT2D eigenvalue weighted by Crippen LogP contribution is 2.26. The average Bonchev–Trinajstić information content (AvgIpc) is 2.69. The van der Waals surface area contributed by atoms with Gasteiger partial charge in [0.25, 0.3) is 5.91 Å². The van der Waals surface area contributed by atoms with Crippen LogP contribution in [-0.4, -0.2) is 18.3 Å². The minimum Gasteiger partial charge on any atom is -0.484 e. The molecule has 0 aliphatic heterocycles. The van der Waals surface area contributed by atoms with Gasteiger partial charge in [0.05, 0.1) is 5.69 Å². The molecule has 0 saturated carbocycles. The number of hydrogen-bond donors (Lipinski definition) is 1. The van der Waals surface area contributed by atoms with E-state index in [0.29, 0.717) is 22.9 Å². The Morgan fingerprint density at radius 3 is 2.21 bits per heavy atom. The molecule has 0 aromatic heterocycles. The first kappa shape index (κ1) is 19.7. The van der Waals surface area contributed by atoms with Crippen molar-refractivity contribution in [1.82, 2.24) is 0 Å². The highest BCUT2D eigenvalue weighted by molar-refractivity contribution is 9.10. The molecule has 0 fully saturated rings. The lowest BCUT2D eigenvalue weighted by molar-refractivity contribution is -0.118. The Balaban J connectivity index is 1.59. The molecule has 0 spiro atoms. The zero-order valence-corrected chi connectivity index (χ0v) is 16.0. The highest BCUT2D eigenvalue weighted by atomic mass is 79.9. The lowest BCUT2D eigenvalue weighted by atomic mass is 10.0. The van der Waals surface area contributed by atoms with Crippen molar-refractivity contribution >= 4 is 33.3 Å². The molecular formula is C21H14BrF2NO3. The first-order chi connectivity index (χ1) is 13.4. The molecular weight excluding hydrogens is 432 g/mol. The summed E-state index contributed by atoms with van der Waals surface area (Å²) in [4.78, 5) is 24.3. The van der Waals surface area contributed by atoms with E-state index in [1.54, 1.807) is 48.5 Å². The summed E-state index contributed by atoms with van der Waals surface area (Å²) in [7, 11) is 0. The zero-order chi connectivity index (χ0) is 20.1. The van der Waals surface area contributed by atoms with Gasteiger partial charge in [-0.2, -0.15) is 0 Å². The molecule has 3 aromatic rings. The smallest absolute Gasteiger partial charge is 0.262 e. The number of ether oxygens (including phenoxy) is 1. The Labute approximate surface area is 168 Å². The number of ketones is 1. The van der Waals surface area contributed by atoms with E-state index >= 15 is 0 Å². The van der Waals surface area contributed by atoms with Crippen LogP contribution in [0.3, 0.4) is 0 Å². The maximum Gasteiger partial charge on any atom is 0.262 e. The van der Waals surface area contributed by atoms with Gasteiger partial charge in [0.1, 0.15) is 11.6 Å². The van der Waals surface area contributed by atoms with Gasteiger partial charge in [-0.3, -0.25) is 9.59 Å². The van der Waals surface area contributed by atoms with Gasteiger partial charge in [-0.25, -0.2) is 8.78 Å². The Morgan fingerprint density at radius 2 is 1.57 bits per heavy atom. The minimum atomic E-state index is -0.899. The molecule has 4 nitrogen and oxygen atoms in total. The standard InChI is InChI=1S/C21H14BrF2NO3/c22-17-10-15(23)11-18(24)20(17)25-19(26)12-28-16-8-6-14(7-9-16)21(27)13-4-2-1-3-5-13/h1-11H,12H2,(H,25,26). The van der Waals surface area contributed by atoms with Crippen LogP contribution in [0.5, 0.6) is 5.75 Å². The van der Waals surface area contributed by atoms with Crippen molar-refractivity contribution in [2.45, 2.75) is 0 Å². The molecule has 0 unspecified atom stereocenters. The summed E-state index contributed by atoms with van der Waals surface area (Å²) in [6.07, 6.45) is 0. The highest BCUT2D eigenvalue weighted by Gasteiger charge is 2.13. The summed E-state index contributed by atoms with van der Waals surface area (Å²) in [5.41, 5.74) is 0.890. The molecule has 3 rings (SSSR count). The SMILES string of the molecule is O=C(COc1ccc(C(=O)c2ccccc2)cc1)Nc1c(F)cc(F)cc1Br. The second-order valence-electron chi connectivity index (χ2n) is 5.80. The van der Waals surface area contributed by atoms with E-state index in [4.69, 9.17) is 4.74 Å². The van der Waals surface area contributed by atoms with Gasteiger partial charge >= 0.3 is 0 Å². The van der Waals surface area contributed by atoms with Crippen molar-refractivity contribution in [3.05, 3.63) is 94.0 Å².